The van der Waals surface area contributed by atoms with E-state index in [1.807, 2.05) is 18.9 Å². The fourth-order valence-electron chi connectivity index (χ4n) is 1.42. The second-order valence-electron chi connectivity index (χ2n) is 4.19. The van der Waals surface area contributed by atoms with E-state index in [2.05, 4.69) is 0 Å². The van der Waals surface area contributed by atoms with Gasteiger partial charge in [-0.25, -0.2) is 0 Å². The van der Waals surface area contributed by atoms with Crippen LogP contribution >= 0.6 is 12.4 Å². The highest BCUT2D eigenvalue weighted by Gasteiger charge is 2.29. The molecule has 1 unspecified atom stereocenters. The minimum atomic E-state index is -4.27. The van der Waals surface area contributed by atoms with Crippen molar-refractivity contribution in [2.45, 2.75) is 25.7 Å². The van der Waals surface area contributed by atoms with E-state index in [-0.39, 0.29) is 18.4 Å². The molecule has 2 nitrogen and oxygen atoms in total. The van der Waals surface area contributed by atoms with Gasteiger partial charge in [0, 0.05) is 19.1 Å². The van der Waals surface area contributed by atoms with Gasteiger partial charge >= 0.3 is 6.18 Å². The number of hydrogen-bond acceptors (Lipinski definition) is 2. The molecule has 0 saturated heterocycles. The van der Waals surface area contributed by atoms with Gasteiger partial charge in [-0.3, -0.25) is 4.90 Å². The summed E-state index contributed by atoms with van der Waals surface area (Å²) in [6.45, 7) is 3.09. The minimum Gasteiger partial charge on any atom is -0.329 e. The summed E-state index contributed by atoms with van der Waals surface area (Å²) in [5.74, 6) is 0. The summed E-state index contributed by atoms with van der Waals surface area (Å²) in [5.41, 5.74) is 5.75. The highest BCUT2D eigenvalue weighted by atomic mass is 35.5. The number of nitrogens with two attached hydrogens (primary N) is 1. The number of halogens is 4. The van der Waals surface area contributed by atoms with Crippen LogP contribution in [0.3, 0.4) is 0 Å². The van der Waals surface area contributed by atoms with Crippen molar-refractivity contribution in [3.05, 3.63) is 35.4 Å². The van der Waals surface area contributed by atoms with Crippen molar-refractivity contribution < 1.29 is 13.2 Å². The molecule has 0 aliphatic carbocycles. The van der Waals surface area contributed by atoms with Crippen LogP contribution in [0.25, 0.3) is 0 Å². The molecule has 1 aromatic carbocycles. The Balaban J connectivity index is 0.00000289. The van der Waals surface area contributed by atoms with E-state index in [0.29, 0.717) is 13.1 Å². The average Bonchev–Trinajstić information content (AvgIpc) is 2.27. The molecular formula is C12H18ClF3N2. The van der Waals surface area contributed by atoms with Crippen LogP contribution in [0.4, 0.5) is 13.2 Å². The average molecular weight is 283 g/mol. The van der Waals surface area contributed by atoms with Gasteiger partial charge in [-0.15, -0.1) is 12.4 Å². The third-order valence-electron chi connectivity index (χ3n) is 2.81. The molecule has 6 heteroatoms. The smallest absolute Gasteiger partial charge is 0.329 e. The Morgan fingerprint density at radius 2 is 1.72 bits per heavy atom. The molecule has 0 aliphatic rings. The number of alkyl halides is 3. The number of nitrogens with zero attached hydrogens (tertiary/aromatic N) is 1. The normalized spacial score (nSPS) is 13.3. The van der Waals surface area contributed by atoms with Crippen LogP contribution in [-0.4, -0.2) is 24.5 Å². The van der Waals surface area contributed by atoms with Crippen molar-refractivity contribution >= 4 is 12.4 Å². The fourth-order valence-corrected chi connectivity index (χ4v) is 1.42. The lowest BCUT2D eigenvalue weighted by Gasteiger charge is -2.23. The van der Waals surface area contributed by atoms with Gasteiger partial charge in [0.1, 0.15) is 0 Å². The molecule has 0 fully saturated rings. The maximum Gasteiger partial charge on any atom is 0.416 e. The lowest BCUT2D eigenvalue weighted by molar-refractivity contribution is -0.137. The van der Waals surface area contributed by atoms with Gasteiger partial charge in [0.2, 0.25) is 0 Å². The van der Waals surface area contributed by atoms with Crippen LogP contribution < -0.4 is 5.73 Å². The Hall–Kier alpha value is -0.780. The topological polar surface area (TPSA) is 29.3 Å². The maximum absolute atomic E-state index is 12.3. The molecule has 2 N–H and O–H groups in total. The predicted molar refractivity (Wildman–Crippen MR) is 68.7 cm³/mol. The van der Waals surface area contributed by atoms with Gasteiger partial charge in [-0.1, -0.05) is 12.1 Å². The molecule has 1 rings (SSSR count). The minimum absolute atomic E-state index is 0. The molecular weight excluding hydrogens is 265 g/mol. The molecule has 0 aliphatic heterocycles. The van der Waals surface area contributed by atoms with Gasteiger partial charge in [0.15, 0.2) is 0 Å². The van der Waals surface area contributed by atoms with Crippen molar-refractivity contribution in [2.75, 3.05) is 13.6 Å². The molecule has 1 aromatic rings. The summed E-state index contributed by atoms with van der Waals surface area (Å²) in [4.78, 5) is 2.00. The van der Waals surface area contributed by atoms with Crippen LogP contribution in [0, 0.1) is 0 Å². The van der Waals surface area contributed by atoms with E-state index in [0.717, 1.165) is 17.7 Å². The quantitative estimate of drug-likeness (QED) is 0.920. The molecule has 0 heterocycles. The standard InChI is InChI=1S/C12H17F3N2.ClH/c1-9(7-16)17(2)8-10-3-5-11(6-4-10)12(13,14)15;/h3-6,9H,7-8,16H2,1-2H3;1H. The number of benzene rings is 1. The Morgan fingerprint density at radius 3 is 2.11 bits per heavy atom. The summed E-state index contributed by atoms with van der Waals surface area (Å²) in [5, 5.41) is 0. The first-order chi connectivity index (χ1) is 7.84. The van der Waals surface area contributed by atoms with Crippen molar-refractivity contribution in [3.63, 3.8) is 0 Å². The van der Waals surface area contributed by atoms with E-state index in [1.54, 1.807) is 0 Å². The second-order valence-corrected chi connectivity index (χ2v) is 4.19. The van der Waals surface area contributed by atoms with Crippen molar-refractivity contribution in [3.8, 4) is 0 Å². The van der Waals surface area contributed by atoms with Gasteiger partial charge in [0.05, 0.1) is 5.56 Å². The largest absolute Gasteiger partial charge is 0.416 e. The molecule has 104 valence electrons. The first kappa shape index (κ1) is 17.2. The van der Waals surface area contributed by atoms with Gasteiger partial charge < -0.3 is 5.73 Å². The first-order valence-corrected chi connectivity index (χ1v) is 5.41. The molecule has 0 saturated carbocycles. The third kappa shape index (κ3) is 4.84. The van der Waals surface area contributed by atoms with Crippen LogP contribution in [-0.2, 0) is 12.7 Å². The van der Waals surface area contributed by atoms with Crippen LogP contribution in [0.1, 0.15) is 18.1 Å². The Morgan fingerprint density at radius 1 is 1.22 bits per heavy atom. The SMILES string of the molecule is CC(CN)N(C)Cc1ccc(C(F)(F)F)cc1.Cl. The molecule has 0 radical (unpaired) electrons. The maximum atomic E-state index is 12.3. The summed E-state index contributed by atoms with van der Waals surface area (Å²) in [6, 6.07) is 5.43. The highest BCUT2D eigenvalue weighted by molar-refractivity contribution is 5.85. The van der Waals surface area contributed by atoms with Crippen molar-refractivity contribution in [1.82, 2.24) is 4.90 Å². The lowest BCUT2D eigenvalue weighted by Crippen LogP contribution is -2.34. The summed E-state index contributed by atoms with van der Waals surface area (Å²) >= 11 is 0. The second kappa shape index (κ2) is 6.97. The lowest BCUT2D eigenvalue weighted by atomic mass is 10.1. The van der Waals surface area contributed by atoms with Gasteiger partial charge in [-0.2, -0.15) is 13.2 Å². The zero-order valence-corrected chi connectivity index (χ0v) is 11.2. The van der Waals surface area contributed by atoms with Crippen molar-refractivity contribution in [2.24, 2.45) is 5.73 Å². The van der Waals surface area contributed by atoms with Crippen molar-refractivity contribution in [1.29, 1.82) is 0 Å². The third-order valence-corrected chi connectivity index (χ3v) is 2.81. The molecule has 0 spiro atoms. The zero-order chi connectivity index (χ0) is 13.1. The van der Waals surface area contributed by atoms with E-state index >= 15 is 0 Å². The summed E-state index contributed by atoms with van der Waals surface area (Å²) in [7, 11) is 1.90. The van der Waals surface area contributed by atoms with Gasteiger partial charge in [0.25, 0.3) is 0 Å². The first-order valence-electron chi connectivity index (χ1n) is 5.41. The van der Waals surface area contributed by atoms with Crippen LogP contribution in [0.5, 0.6) is 0 Å². The van der Waals surface area contributed by atoms with E-state index in [9.17, 15) is 13.2 Å². The number of likely N-dealkylation sites (N-methyl/N-ethyl adjacent to an activating group) is 1. The van der Waals surface area contributed by atoms with Crippen LogP contribution in [0.15, 0.2) is 24.3 Å². The van der Waals surface area contributed by atoms with Crippen LogP contribution in [0.2, 0.25) is 0 Å². The highest BCUT2D eigenvalue weighted by Crippen LogP contribution is 2.29. The molecule has 0 aromatic heterocycles. The molecule has 0 amide bonds. The Kier molecular flexibility index (Phi) is 6.67. The number of rotatable bonds is 4. The predicted octanol–water partition coefficient (Wildman–Crippen LogP) is 2.91. The fraction of sp³-hybridized carbons (Fsp3) is 0.500. The molecule has 1 atom stereocenters. The summed E-state index contributed by atoms with van der Waals surface area (Å²) in [6.07, 6.45) is -4.27. The number of hydrogen-bond donors (Lipinski definition) is 1. The Labute approximate surface area is 111 Å². The van der Waals surface area contributed by atoms with E-state index < -0.39 is 11.7 Å². The summed E-state index contributed by atoms with van der Waals surface area (Å²) < 4.78 is 37.0. The van der Waals surface area contributed by atoms with E-state index in [1.165, 1.54) is 12.1 Å². The molecule has 18 heavy (non-hydrogen) atoms. The van der Waals surface area contributed by atoms with Gasteiger partial charge in [-0.05, 0) is 31.7 Å². The Bertz CT molecular complexity index is 351. The zero-order valence-electron chi connectivity index (χ0n) is 10.4. The molecule has 0 bridgehead atoms. The monoisotopic (exact) mass is 282 g/mol. The van der Waals surface area contributed by atoms with E-state index in [4.69, 9.17) is 5.73 Å².